The number of rotatable bonds is 5. The van der Waals surface area contributed by atoms with Crippen LogP contribution in [-0.4, -0.2) is 40.1 Å². The lowest BCUT2D eigenvalue weighted by Gasteiger charge is -2.07. The van der Waals surface area contributed by atoms with Crippen LogP contribution in [0.1, 0.15) is 16.2 Å². The van der Waals surface area contributed by atoms with Gasteiger partial charge in [0.05, 0.1) is 25.5 Å². The van der Waals surface area contributed by atoms with E-state index in [-0.39, 0.29) is 11.9 Å². The van der Waals surface area contributed by atoms with Crippen molar-refractivity contribution in [1.29, 1.82) is 0 Å². The Morgan fingerprint density at radius 1 is 1.20 bits per heavy atom. The molecule has 1 N–H and O–H groups in total. The van der Waals surface area contributed by atoms with Crippen LogP contribution in [0.2, 0.25) is 0 Å². The average molecular weight is 343 g/mol. The molecule has 1 aromatic carbocycles. The Morgan fingerprint density at radius 3 is 2.64 bits per heavy atom. The number of carbonyl (C=O) groups excluding carboxylic acids is 1. The number of methoxy groups -OCH3 is 2. The molecule has 0 saturated carbocycles. The lowest BCUT2D eigenvalue weighted by molar-refractivity contribution is 0.101. The first-order chi connectivity index (χ1) is 12.0. The topological polar surface area (TPSA) is 104 Å². The van der Waals surface area contributed by atoms with Gasteiger partial charge < -0.3 is 13.9 Å². The van der Waals surface area contributed by atoms with Crippen LogP contribution in [0.4, 0.5) is 6.01 Å². The normalized spacial score (nSPS) is 10.6. The number of amides is 1. The van der Waals surface area contributed by atoms with Crippen LogP contribution >= 0.6 is 0 Å². The summed E-state index contributed by atoms with van der Waals surface area (Å²) >= 11 is 0. The van der Waals surface area contributed by atoms with E-state index >= 15 is 0 Å². The maximum Gasteiger partial charge on any atom is 0.322 e. The molecular weight excluding hydrogens is 326 g/mol. The summed E-state index contributed by atoms with van der Waals surface area (Å²) in [7, 11) is 4.78. The molecule has 0 bridgehead atoms. The maximum atomic E-state index is 12.3. The molecular formula is C16H17N5O4. The molecule has 0 spiro atoms. The lowest BCUT2D eigenvalue weighted by atomic mass is 10.2. The molecule has 0 aliphatic rings. The molecule has 1 amide bonds. The van der Waals surface area contributed by atoms with Gasteiger partial charge in [-0.05, 0) is 31.2 Å². The number of aryl methyl sites for hydroxylation is 2. The zero-order chi connectivity index (χ0) is 18.0. The Hall–Kier alpha value is -3.36. The number of ether oxygens (including phenoxy) is 2. The third-order valence-electron chi connectivity index (χ3n) is 3.52. The van der Waals surface area contributed by atoms with Gasteiger partial charge in [-0.25, -0.2) is 0 Å². The highest BCUT2D eigenvalue weighted by Gasteiger charge is 2.18. The van der Waals surface area contributed by atoms with Crippen molar-refractivity contribution in [2.24, 2.45) is 7.05 Å². The number of aromatic nitrogens is 4. The SMILES string of the molecule is COc1ccc(OC)c(-c2nnc(NC(=O)c3cc(C)nn3C)o2)c1. The fraction of sp³-hybridized carbons (Fsp3) is 0.250. The molecule has 3 rings (SSSR count). The largest absolute Gasteiger partial charge is 0.497 e. The second-order valence-corrected chi connectivity index (χ2v) is 5.23. The summed E-state index contributed by atoms with van der Waals surface area (Å²) < 4.78 is 17.5. The quantitative estimate of drug-likeness (QED) is 0.756. The molecule has 0 atom stereocenters. The Labute approximate surface area is 143 Å². The molecule has 2 heterocycles. The highest BCUT2D eigenvalue weighted by Crippen LogP contribution is 2.33. The zero-order valence-corrected chi connectivity index (χ0v) is 14.2. The van der Waals surface area contributed by atoms with E-state index < -0.39 is 5.91 Å². The number of nitrogens with zero attached hydrogens (tertiary/aromatic N) is 4. The first-order valence-corrected chi connectivity index (χ1v) is 7.39. The number of nitrogens with one attached hydrogen (secondary N) is 1. The van der Waals surface area contributed by atoms with Crippen molar-refractivity contribution in [2.75, 3.05) is 19.5 Å². The Balaban J connectivity index is 1.86. The summed E-state index contributed by atoms with van der Waals surface area (Å²) in [5.74, 6) is 0.970. The van der Waals surface area contributed by atoms with Gasteiger partial charge in [0.1, 0.15) is 17.2 Å². The number of benzene rings is 1. The van der Waals surface area contributed by atoms with Crippen LogP contribution in [0.15, 0.2) is 28.7 Å². The molecule has 3 aromatic rings. The van der Waals surface area contributed by atoms with Crippen molar-refractivity contribution in [3.05, 3.63) is 35.7 Å². The minimum atomic E-state index is -0.393. The van der Waals surface area contributed by atoms with Crippen molar-refractivity contribution in [2.45, 2.75) is 6.92 Å². The van der Waals surface area contributed by atoms with E-state index in [1.165, 1.54) is 11.8 Å². The molecule has 9 heteroatoms. The van der Waals surface area contributed by atoms with Crippen LogP contribution in [0.3, 0.4) is 0 Å². The Morgan fingerprint density at radius 2 is 2.00 bits per heavy atom. The van der Waals surface area contributed by atoms with E-state index in [4.69, 9.17) is 13.9 Å². The fourth-order valence-electron chi connectivity index (χ4n) is 2.35. The maximum absolute atomic E-state index is 12.3. The molecule has 25 heavy (non-hydrogen) atoms. The van der Waals surface area contributed by atoms with Crippen molar-refractivity contribution in [3.8, 4) is 23.0 Å². The van der Waals surface area contributed by atoms with Crippen molar-refractivity contribution in [3.63, 3.8) is 0 Å². The van der Waals surface area contributed by atoms with Gasteiger partial charge >= 0.3 is 6.01 Å². The molecule has 0 aliphatic heterocycles. The Kier molecular flexibility index (Phi) is 4.38. The van der Waals surface area contributed by atoms with Gasteiger partial charge in [-0.3, -0.25) is 14.8 Å². The lowest BCUT2D eigenvalue weighted by Crippen LogP contribution is -2.16. The summed E-state index contributed by atoms with van der Waals surface area (Å²) in [6.07, 6.45) is 0. The van der Waals surface area contributed by atoms with Gasteiger partial charge in [0.2, 0.25) is 0 Å². The van der Waals surface area contributed by atoms with Crippen molar-refractivity contribution < 1.29 is 18.7 Å². The standard InChI is InChI=1S/C16H17N5O4/c1-9-7-12(21(2)20-9)14(22)17-16-19-18-15(25-16)11-8-10(23-3)5-6-13(11)24-4/h5-8H,1-4H3,(H,17,19,22). The van der Waals surface area contributed by atoms with Gasteiger partial charge in [-0.1, -0.05) is 5.10 Å². The van der Waals surface area contributed by atoms with E-state index in [2.05, 4.69) is 20.6 Å². The summed E-state index contributed by atoms with van der Waals surface area (Å²) in [4.78, 5) is 12.3. The van der Waals surface area contributed by atoms with Gasteiger partial charge in [0.25, 0.3) is 11.8 Å². The fourth-order valence-corrected chi connectivity index (χ4v) is 2.35. The summed E-state index contributed by atoms with van der Waals surface area (Å²) in [5, 5.41) is 14.5. The number of hydrogen-bond acceptors (Lipinski definition) is 7. The van der Waals surface area contributed by atoms with Crippen LogP contribution < -0.4 is 14.8 Å². The van der Waals surface area contributed by atoms with E-state index in [0.717, 1.165) is 5.69 Å². The minimum absolute atomic E-state index is 0.0243. The number of hydrogen-bond donors (Lipinski definition) is 1. The predicted octanol–water partition coefficient (Wildman–Crippen LogP) is 2.05. The molecule has 9 nitrogen and oxygen atoms in total. The monoisotopic (exact) mass is 343 g/mol. The molecule has 0 saturated heterocycles. The smallest absolute Gasteiger partial charge is 0.322 e. The predicted molar refractivity (Wildman–Crippen MR) is 88.7 cm³/mol. The van der Waals surface area contributed by atoms with Crippen molar-refractivity contribution in [1.82, 2.24) is 20.0 Å². The minimum Gasteiger partial charge on any atom is -0.497 e. The van der Waals surface area contributed by atoms with E-state index in [1.54, 1.807) is 45.3 Å². The van der Waals surface area contributed by atoms with Gasteiger partial charge in [-0.2, -0.15) is 5.10 Å². The number of carbonyl (C=O) groups is 1. The van der Waals surface area contributed by atoms with E-state index in [9.17, 15) is 4.79 Å². The second-order valence-electron chi connectivity index (χ2n) is 5.23. The average Bonchev–Trinajstić information content (AvgIpc) is 3.20. The summed E-state index contributed by atoms with van der Waals surface area (Å²) in [6, 6.07) is 6.84. The third-order valence-corrected chi connectivity index (χ3v) is 3.52. The van der Waals surface area contributed by atoms with E-state index in [1.807, 2.05) is 0 Å². The summed E-state index contributed by atoms with van der Waals surface area (Å²) in [6.45, 7) is 1.80. The van der Waals surface area contributed by atoms with Gasteiger partial charge in [0, 0.05) is 7.05 Å². The van der Waals surface area contributed by atoms with E-state index in [0.29, 0.717) is 22.8 Å². The molecule has 0 aliphatic carbocycles. The number of anilines is 1. The second kappa shape index (κ2) is 6.63. The first kappa shape index (κ1) is 16.5. The first-order valence-electron chi connectivity index (χ1n) is 7.39. The molecule has 2 aromatic heterocycles. The van der Waals surface area contributed by atoms with Gasteiger partial charge in [0.15, 0.2) is 0 Å². The van der Waals surface area contributed by atoms with Crippen LogP contribution in [0, 0.1) is 6.92 Å². The molecule has 0 unspecified atom stereocenters. The third kappa shape index (κ3) is 3.30. The van der Waals surface area contributed by atoms with Gasteiger partial charge in [-0.15, -0.1) is 5.10 Å². The van der Waals surface area contributed by atoms with Crippen LogP contribution in [0.5, 0.6) is 11.5 Å². The molecule has 0 fully saturated rings. The highest BCUT2D eigenvalue weighted by atomic mass is 16.5. The molecule has 0 radical (unpaired) electrons. The zero-order valence-electron chi connectivity index (χ0n) is 14.2. The molecule has 130 valence electrons. The Bertz CT molecular complexity index is 915. The van der Waals surface area contributed by atoms with Crippen LogP contribution in [-0.2, 0) is 7.05 Å². The van der Waals surface area contributed by atoms with Crippen molar-refractivity contribution >= 4 is 11.9 Å². The summed E-state index contributed by atoms with van der Waals surface area (Å²) in [5.41, 5.74) is 1.68. The van der Waals surface area contributed by atoms with Crippen LogP contribution in [0.25, 0.3) is 11.5 Å². The highest BCUT2D eigenvalue weighted by molar-refractivity contribution is 6.01.